The van der Waals surface area contributed by atoms with Crippen LogP contribution < -0.4 is 11.5 Å². The highest BCUT2D eigenvalue weighted by atomic mass is 35.5. The lowest BCUT2D eigenvalue weighted by molar-refractivity contribution is -0.119. The summed E-state index contributed by atoms with van der Waals surface area (Å²) in [5, 5.41) is 2.08. The summed E-state index contributed by atoms with van der Waals surface area (Å²) < 4.78 is 0.819. The van der Waals surface area contributed by atoms with Gasteiger partial charge in [-0.1, -0.05) is 11.6 Å². The van der Waals surface area contributed by atoms with Gasteiger partial charge >= 0.3 is 0 Å². The monoisotopic (exact) mass is 287 g/mol. The lowest BCUT2D eigenvalue weighted by Crippen LogP contribution is -2.49. The molecule has 1 aliphatic heterocycles. The zero-order valence-electron chi connectivity index (χ0n) is 10.1. The van der Waals surface area contributed by atoms with E-state index in [-0.39, 0.29) is 11.9 Å². The number of halogens is 1. The molecule has 4 N–H and O–H groups in total. The average molecular weight is 288 g/mol. The van der Waals surface area contributed by atoms with Crippen LogP contribution in [0.1, 0.15) is 12.0 Å². The van der Waals surface area contributed by atoms with Gasteiger partial charge in [0, 0.05) is 19.1 Å². The molecule has 18 heavy (non-hydrogen) atoms. The van der Waals surface area contributed by atoms with Crippen LogP contribution in [-0.2, 0) is 11.2 Å². The predicted octanol–water partition coefficient (Wildman–Crippen LogP) is 1.08. The van der Waals surface area contributed by atoms with Crippen molar-refractivity contribution in [2.75, 3.05) is 19.6 Å². The van der Waals surface area contributed by atoms with Crippen molar-refractivity contribution in [3.8, 4) is 0 Å². The highest BCUT2D eigenvalue weighted by Gasteiger charge is 2.26. The van der Waals surface area contributed by atoms with E-state index in [2.05, 4.69) is 10.3 Å². The van der Waals surface area contributed by atoms with Crippen molar-refractivity contribution < 1.29 is 4.79 Å². The molecule has 1 aromatic rings. The molecule has 100 valence electrons. The standard InChI is InChI=1S/C12H18ClN3OS/c13-11-3-9(7-18-11)1-8-2-10(14)5-16(4-8)6-12(15)17/h3,7-8,10H,1-2,4-6,14H2,(H2,15,17). The molecule has 0 aliphatic carbocycles. The molecule has 1 fully saturated rings. The summed E-state index contributed by atoms with van der Waals surface area (Å²) in [7, 11) is 0. The van der Waals surface area contributed by atoms with E-state index >= 15 is 0 Å². The van der Waals surface area contributed by atoms with Crippen LogP contribution >= 0.6 is 22.9 Å². The average Bonchev–Trinajstić information content (AvgIpc) is 2.61. The van der Waals surface area contributed by atoms with Crippen molar-refractivity contribution in [1.82, 2.24) is 4.90 Å². The second-order valence-electron chi connectivity index (χ2n) is 4.99. The fourth-order valence-corrected chi connectivity index (χ4v) is 3.55. The Morgan fingerprint density at radius 1 is 1.56 bits per heavy atom. The largest absolute Gasteiger partial charge is 0.369 e. The first-order valence-corrected chi connectivity index (χ1v) is 7.28. The Labute approximate surface area is 116 Å². The third kappa shape index (κ3) is 3.95. The highest BCUT2D eigenvalue weighted by molar-refractivity contribution is 7.14. The van der Waals surface area contributed by atoms with Gasteiger partial charge in [-0.3, -0.25) is 9.69 Å². The first-order chi connectivity index (χ1) is 8.52. The Balaban J connectivity index is 1.93. The number of hydrogen-bond acceptors (Lipinski definition) is 4. The van der Waals surface area contributed by atoms with Crippen molar-refractivity contribution in [1.29, 1.82) is 0 Å². The van der Waals surface area contributed by atoms with E-state index in [0.717, 1.165) is 30.3 Å². The van der Waals surface area contributed by atoms with E-state index in [1.165, 1.54) is 5.56 Å². The minimum absolute atomic E-state index is 0.122. The van der Waals surface area contributed by atoms with Gasteiger partial charge in [0.15, 0.2) is 0 Å². The molecular weight excluding hydrogens is 270 g/mol. The molecule has 1 saturated heterocycles. The molecule has 2 rings (SSSR count). The van der Waals surface area contributed by atoms with Crippen molar-refractivity contribution >= 4 is 28.8 Å². The minimum atomic E-state index is -0.290. The van der Waals surface area contributed by atoms with Crippen LogP contribution in [-0.4, -0.2) is 36.5 Å². The highest BCUT2D eigenvalue weighted by Crippen LogP contribution is 2.25. The van der Waals surface area contributed by atoms with Gasteiger partial charge in [-0.25, -0.2) is 0 Å². The smallest absolute Gasteiger partial charge is 0.231 e. The number of primary amides is 1. The molecule has 0 spiro atoms. The Morgan fingerprint density at radius 2 is 2.33 bits per heavy atom. The zero-order valence-corrected chi connectivity index (χ0v) is 11.7. The topological polar surface area (TPSA) is 72.4 Å². The Bertz CT molecular complexity index is 423. The second kappa shape index (κ2) is 6.02. The van der Waals surface area contributed by atoms with Crippen molar-refractivity contribution in [3.05, 3.63) is 21.3 Å². The molecule has 2 atom stereocenters. The summed E-state index contributed by atoms with van der Waals surface area (Å²) in [5.41, 5.74) is 12.5. The number of nitrogens with zero attached hydrogens (tertiary/aromatic N) is 1. The number of hydrogen-bond donors (Lipinski definition) is 2. The summed E-state index contributed by atoms with van der Waals surface area (Å²) in [6, 6.07) is 2.13. The van der Waals surface area contributed by atoms with Crippen LogP contribution in [0.2, 0.25) is 4.34 Å². The Hall–Kier alpha value is -0.620. The number of thiophene rings is 1. The molecule has 0 bridgehead atoms. The van der Waals surface area contributed by atoms with E-state index < -0.39 is 0 Å². The van der Waals surface area contributed by atoms with Gasteiger partial charge < -0.3 is 11.5 Å². The van der Waals surface area contributed by atoms with Crippen molar-refractivity contribution in [2.45, 2.75) is 18.9 Å². The number of carbonyl (C=O) groups is 1. The quantitative estimate of drug-likeness (QED) is 0.870. The molecular formula is C12H18ClN3OS. The Morgan fingerprint density at radius 3 is 2.94 bits per heavy atom. The summed E-state index contributed by atoms with van der Waals surface area (Å²) >= 11 is 7.48. The molecule has 0 radical (unpaired) electrons. The third-order valence-corrected chi connectivity index (χ3v) is 4.31. The lowest BCUT2D eigenvalue weighted by Gasteiger charge is -2.35. The maximum atomic E-state index is 11.0. The third-order valence-electron chi connectivity index (χ3n) is 3.17. The molecule has 2 heterocycles. The van der Waals surface area contributed by atoms with E-state index in [1.54, 1.807) is 11.3 Å². The molecule has 0 saturated carbocycles. The number of amides is 1. The number of carbonyl (C=O) groups excluding carboxylic acids is 1. The molecule has 1 amide bonds. The van der Waals surface area contributed by atoms with E-state index in [0.29, 0.717) is 12.5 Å². The first kappa shape index (κ1) is 13.8. The van der Waals surface area contributed by atoms with Crippen LogP contribution in [0.4, 0.5) is 0 Å². The molecule has 1 aromatic heterocycles. The maximum Gasteiger partial charge on any atom is 0.231 e. The Kier molecular flexibility index (Phi) is 4.61. The summed E-state index contributed by atoms with van der Waals surface area (Å²) in [6.45, 7) is 1.93. The summed E-state index contributed by atoms with van der Waals surface area (Å²) in [6.07, 6.45) is 1.95. The van der Waals surface area contributed by atoms with Gasteiger partial charge in [-0.2, -0.15) is 0 Å². The van der Waals surface area contributed by atoms with Gasteiger partial charge in [-0.15, -0.1) is 11.3 Å². The fourth-order valence-electron chi connectivity index (χ4n) is 2.63. The summed E-state index contributed by atoms with van der Waals surface area (Å²) in [4.78, 5) is 13.0. The number of likely N-dealkylation sites (tertiary alicyclic amines) is 1. The molecule has 2 unspecified atom stereocenters. The zero-order chi connectivity index (χ0) is 13.1. The van der Waals surface area contributed by atoms with E-state index in [9.17, 15) is 4.79 Å². The van der Waals surface area contributed by atoms with Crippen LogP contribution in [0, 0.1) is 5.92 Å². The van der Waals surface area contributed by atoms with E-state index in [1.807, 2.05) is 6.07 Å². The lowest BCUT2D eigenvalue weighted by atomic mass is 9.90. The molecule has 4 nitrogen and oxygen atoms in total. The van der Waals surface area contributed by atoms with E-state index in [4.69, 9.17) is 23.1 Å². The van der Waals surface area contributed by atoms with Gasteiger partial charge in [0.25, 0.3) is 0 Å². The van der Waals surface area contributed by atoms with Crippen LogP contribution in [0.15, 0.2) is 11.4 Å². The number of piperidine rings is 1. The normalized spacial score (nSPS) is 25.2. The van der Waals surface area contributed by atoms with Gasteiger partial charge in [0.05, 0.1) is 10.9 Å². The number of nitrogens with two attached hydrogens (primary N) is 2. The first-order valence-electron chi connectivity index (χ1n) is 6.02. The second-order valence-corrected chi connectivity index (χ2v) is 6.53. The predicted molar refractivity (Wildman–Crippen MR) is 74.7 cm³/mol. The number of rotatable bonds is 4. The SMILES string of the molecule is NC(=O)CN1CC(N)CC(Cc2csc(Cl)c2)C1. The van der Waals surface area contributed by atoms with Crippen molar-refractivity contribution in [2.24, 2.45) is 17.4 Å². The summed E-state index contributed by atoms with van der Waals surface area (Å²) in [5.74, 6) is 0.181. The van der Waals surface area contributed by atoms with Crippen LogP contribution in [0.3, 0.4) is 0 Å². The van der Waals surface area contributed by atoms with Crippen LogP contribution in [0.5, 0.6) is 0 Å². The molecule has 6 heteroatoms. The van der Waals surface area contributed by atoms with Crippen LogP contribution in [0.25, 0.3) is 0 Å². The van der Waals surface area contributed by atoms with Gasteiger partial charge in [-0.05, 0) is 35.8 Å². The molecule has 0 aromatic carbocycles. The van der Waals surface area contributed by atoms with Gasteiger partial charge in [0.1, 0.15) is 0 Å². The fraction of sp³-hybridized carbons (Fsp3) is 0.583. The van der Waals surface area contributed by atoms with Crippen molar-refractivity contribution in [3.63, 3.8) is 0 Å². The maximum absolute atomic E-state index is 11.0. The van der Waals surface area contributed by atoms with Gasteiger partial charge in [0.2, 0.25) is 5.91 Å². The minimum Gasteiger partial charge on any atom is -0.369 e. The molecule has 1 aliphatic rings.